The van der Waals surface area contributed by atoms with E-state index in [0.29, 0.717) is 29.5 Å². The number of aryl methyl sites for hydroxylation is 3. The second-order valence-corrected chi connectivity index (χ2v) is 7.18. The van der Waals surface area contributed by atoms with E-state index in [4.69, 9.17) is 4.42 Å². The molecule has 2 heterocycles. The van der Waals surface area contributed by atoms with Gasteiger partial charge in [-0.3, -0.25) is 9.48 Å². The predicted octanol–water partition coefficient (Wildman–Crippen LogP) is 3.65. The monoisotopic (exact) mass is 345 g/mol. The van der Waals surface area contributed by atoms with Gasteiger partial charge in [0.2, 0.25) is 0 Å². The van der Waals surface area contributed by atoms with Crippen molar-refractivity contribution in [3.63, 3.8) is 0 Å². The number of carbonyl (C=O) groups is 1. The predicted molar refractivity (Wildman–Crippen MR) is 98.1 cm³/mol. The van der Waals surface area contributed by atoms with Crippen molar-refractivity contribution in [3.05, 3.63) is 45.1 Å². The van der Waals surface area contributed by atoms with Crippen LogP contribution in [0.5, 0.6) is 0 Å². The van der Waals surface area contributed by atoms with Gasteiger partial charge in [0.15, 0.2) is 0 Å². The van der Waals surface area contributed by atoms with Gasteiger partial charge in [-0.1, -0.05) is 27.7 Å². The molecule has 6 heteroatoms. The Hall–Kier alpha value is -2.37. The summed E-state index contributed by atoms with van der Waals surface area (Å²) in [5.74, 6) is 1.48. The quantitative estimate of drug-likeness (QED) is 0.867. The topological polar surface area (TPSA) is 77.1 Å². The number of carbonyl (C=O) groups excluding carboxylic acids is 1. The minimum absolute atomic E-state index is 0.0422. The van der Waals surface area contributed by atoms with Gasteiger partial charge < -0.3 is 9.73 Å². The van der Waals surface area contributed by atoms with Crippen molar-refractivity contribution in [1.29, 1.82) is 0 Å². The average molecular weight is 345 g/mol. The molecular formula is C19H27N3O3. The van der Waals surface area contributed by atoms with Gasteiger partial charge in [-0.05, 0) is 36.8 Å². The van der Waals surface area contributed by atoms with Gasteiger partial charge in [0.05, 0.1) is 5.69 Å². The van der Waals surface area contributed by atoms with Gasteiger partial charge in [0.25, 0.3) is 5.91 Å². The van der Waals surface area contributed by atoms with E-state index in [-0.39, 0.29) is 11.5 Å². The minimum Gasteiger partial charge on any atom is -0.427 e. The van der Waals surface area contributed by atoms with Crippen LogP contribution in [0.3, 0.4) is 0 Å². The molecule has 25 heavy (non-hydrogen) atoms. The maximum atomic E-state index is 12.6. The summed E-state index contributed by atoms with van der Waals surface area (Å²) < 4.78 is 6.93. The number of nitrogens with zero attached hydrogens (tertiary/aromatic N) is 2. The molecule has 1 amide bonds. The smallest absolute Gasteiger partial charge is 0.349 e. The van der Waals surface area contributed by atoms with Crippen LogP contribution >= 0.6 is 0 Å². The summed E-state index contributed by atoms with van der Waals surface area (Å²) in [6.07, 6.45) is 1.62. The highest BCUT2D eigenvalue weighted by atomic mass is 16.4. The second-order valence-electron chi connectivity index (χ2n) is 7.18. The standard InChI is InChI=1S/C19H27N3O3/c1-11(2)7-8-14-9-13(5)17(19(24)25-14)18(23)20-16-10-15(12(3)4)21-22(16)6/h9-12H,7-8H2,1-6H3,(H,20,23). The van der Waals surface area contributed by atoms with Crippen LogP contribution < -0.4 is 10.9 Å². The molecule has 0 unspecified atom stereocenters. The molecule has 1 N–H and O–H groups in total. The molecule has 0 saturated heterocycles. The number of hydrogen-bond donors (Lipinski definition) is 1. The van der Waals surface area contributed by atoms with E-state index < -0.39 is 11.5 Å². The Labute approximate surface area is 148 Å². The van der Waals surface area contributed by atoms with Crippen molar-refractivity contribution < 1.29 is 9.21 Å². The van der Waals surface area contributed by atoms with Crippen molar-refractivity contribution in [3.8, 4) is 0 Å². The zero-order valence-electron chi connectivity index (χ0n) is 15.8. The van der Waals surface area contributed by atoms with Crippen LogP contribution in [-0.2, 0) is 13.5 Å². The first-order valence-electron chi connectivity index (χ1n) is 8.68. The molecule has 0 atom stereocenters. The summed E-state index contributed by atoms with van der Waals surface area (Å²) in [5.41, 5.74) is 0.951. The van der Waals surface area contributed by atoms with Crippen molar-refractivity contribution in [1.82, 2.24) is 9.78 Å². The zero-order valence-corrected chi connectivity index (χ0v) is 15.8. The molecule has 0 saturated carbocycles. The number of amides is 1. The molecule has 0 aromatic carbocycles. The van der Waals surface area contributed by atoms with Crippen LogP contribution in [-0.4, -0.2) is 15.7 Å². The Bertz CT molecular complexity index is 816. The normalized spacial score (nSPS) is 11.4. The van der Waals surface area contributed by atoms with Gasteiger partial charge >= 0.3 is 5.63 Å². The first kappa shape index (κ1) is 19.0. The fourth-order valence-electron chi connectivity index (χ4n) is 2.57. The molecule has 2 aromatic heterocycles. The molecule has 0 aliphatic rings. The number of hydrogen-bond acceptors (Lipinski definition) is 4. The molecule has 2 rings (SSSR count). The van der Waals surface area contributed by atoms with E-state index in [0.717, 1.165) is 12.1 Å². The van der Waals surface area contributed by atoms with E-state index in [1.54, 1.807) is 24.7 Å². The molecule has 0 aliphatic heterocycles. The maximum absolute atomic E-state index is 12.6. The molecule has 136 valence electrons. The summed E-state index contributed by atoms with van der Waals surface area (Å²) in [5, 5.41) is 7.11. The van der Waals surface area contributed by atoms with Crippen LogP contribution in [0, 0.1) is 12.8 Å². The molecule has 0 spiro atoms. The first-order valence-corrected chi connectivity index (χ1v) is 8.68. The lowest BCUT2D eigenvalue weighted by atomic mass is 10.0. The van der Waals surface area contributed by atoms with Gasteiger partial charge in [-0.15, -0.1) is 0 Å². The second kappa shape index (κ2) is 7.68. The van der Waals surface area contributed by atoms with Crippen molar-refractivity contribution in [2.45, 2.75) is 53.4 Å². The van der Waals surface area contributed by atoms with Crippen LogP contribution in [0.15, 0.2) is 21.3 Å². The van der Waals surface area contributed by atoms with E-state index in [2.05, 4.69) is 24.3 Å². The van der Waals surface area contributed by atoms with Crippen LogP contribution in [0.4, 0.5) is 5.82 Å². The van der Waals surface area contributed by atoms with Crippen LogP contribution in [0.1, 0.15) is 67.4 Å². The van der Waals surface area contributed by atoms with Gasteiger partial charge in [0, 0.05) is 19.5 Å². The molecule has 0 fully saturated rings. The van der Waals surface area contributed by atoms with E-state index >= 15 is 0 Å². The highest BCUT2D eigenvalue weighted by Gasteiger charge is 2.19. The molecule has 0 radical (unpaired) electrons. The van der Waals surface area contributed by atoms with E-state index in [1.165, 1.54) is 0 Å². The molecular weight excluding hydrogens is 318 g/mol. The first-order chi connectivity index (χ1) is 11.7. The highest BCUT2D eigenvalue weighted by molar-refractivity contribution is 6.04. The zero-order chi connectivity index (χ0) is 18.7. The fourth-order valence-corrected chi connectivity index (χ4v) is 2.57. The molecule has 2 aromatic rings. The summed E-state index contributed by atoms with van der Waals surface area (Å²) in [4.78, 5) is 24.8. The SMILES string of the molecule is Cc1cc(CCC(C)C)oc(=O)c1C(=O)Nc1cc(C(C)C)nn1C. The Morgan fingerprint density at radius 2 is 1.96 bits per heavy atom. The lowest BCUT2D eigenvalue weighted by Crippen LogP contribution is -2.24. The molecule has 0 aliphatic carbocycles. The maximum Gasteiger partial charge on any atom is 0.349 e. The molecule has 6 nitrogen and oxygen atoms in total. The van der Waals surface area contributed by atoms with Gasteiger partial charge in [0.1, 0.15) is 17.1 Å². The highest BCUT2D eigenvalue weighted by Crippen LogP contribution is 2.18. The van der Waals surface area contributed by atoms with Crippen molar-refractivity contribution in [2.24, 2.45) is 13.0 Å². The number of nitrogens with one attached hydrogen (secondary N) is 1. The summed E-state index contributed by atoms with van der Waals surface area (Å²) in [7, 11) is 1.76. The lowest BCUT2D eigenvalue weighted by molar-refractivity contribution is 0.102. The largest absolute Gasteiger partial charge is 0.427 e. The fraction of sp³-hybridized carbons (Fsp3) is 0.526. The Morgan fingerprint density at radius 3 is 2.48 bits per heavy atom. The Kier molecular flexibility index (Phi) is 5.82. The molecule has 0 bridgehead atoms. The lowest BCUT2D eigenvalue weighted by Gasteiger charge is -2.09. The number of anilines is 1. The third-order valence-electron chi connectivity index (χ3n) is 4.13. The third kappa shape index (κ3) is 4.59. The number of rotatable bonds is 6. The summed E-state index contributed by atoms with van der Waals surface area (Å²) in [6, 6.07) is 3.60. The van der Waals surface area contributed by atoms with Crippen molar-refractivity contribution in [2.75, 3.05) is 5.32 Å². The van der Waals surface area contributed by atoms with Crippen LogP contribution in [0.25, 0.3) is 0 Å². The number of aromatic nitrogens is 2. The van der Waals surface area contributed by atoms with Crippen molar-refractivity contribution >= 4 is 11.7 Å². The minimum atomic E-state index is -0.595. The third-order valence-corrected chi connectivity index (χ3v) is 4.13. The Morgan fingerprint density at radius 1 is 1.28 bits per heavy atom. The Balaban J connectivity index is 2.23. The summed E-state index contributed by atoms with van der Waals surface area (Å²) in [6.45, 7) is 10.1. The summed E-state index contributed by atoms with van der Waals surface area (Å²) >= 11 is 0. The average Bonchev–Trinajstić information content (AvgIpc) is 2.86. The van der Waals surface area contributed by atoms with E-state index in [1.807, 2.05) is 19.9 Å². The van der Waals surface area contributed by atoms with Crippen LogP contribution in [0.2, 0.25) is 0 Å². The van der Waals surface area contributed by atoms with Gasteiger partial charge in [-0.2, -0.15) is 5.10 Å². The van der Waals surface area contributed by atoms with E-state index in [9.17, 15) is 9.59 Å². The van der Waals surface area contributed by atoms with Gasteiger partial charge in [-0.25, -0.2) is 4.79 Å².